The van der Waals surface area contributed by atoms with E-state index in [0.29, 0.717) is 5.76 Å². The van der Waals surface area contributed by atoms with Gasteiger partial charge in [-0.3, -0.25) is 4.90 Å². The summed E-state index contributed by atoms with van der Waals surface area (Å²) in [7, 11) is 1.38. The van der Waals surface area contributed by atoms with E-state index in [9.17, 15) is 4.79 Å². The molecule has 18 heavy (non-hydrogen) atoms. The van der Waals surface area contributed by atoms with E-state index in [0.717, 1.165) is 37.5 Å². The van der Waals surface area contributed by atoms with E-state index in [1.165, 1.54) is 20.0 Å². The predicted octanol–water partition coefficient (Wildman–Crippen LogP) is 2.69. The Balaban J connectivity index is 2.00. The number of furan rings is 1. The molecule has 0 saturated heterocycles. The van der Waals surface area contributed by atoms with Gasteiger partial charge in [-0.25, -0.2) is 4.79 Å². The second-order valence-corrected chi connectivity index (χ2v) is 4.95. The Kier molecular flexibility index (Phi) is 4.42. The summed E-state index contributed by atoms with van der Waals surface area (Å²) in [5, 5.41) is 0. The van der Waals surface area contributed by atoms with Crippen LogP contribution in [-0.2, 0) is 11.3 Å². The normalized spacial score (nSPS) is 15.1. The molecule has 0 aliphatic heterocycles. The third kappa shape index (κ3) is 3.35. The third-order valence-corrected chi connectivity index (χ3v) is 3.26. The van der Waals surface area contributed by atoms with Crippen LogP contribution in [0, 0.1) is 5.92 Å². The van der Waals surface area contributed by atoms with Gasteiger partial charge >= 0.3 is 5.97 Å². The molecular formula is C14H21NO3. The molecule has 0 aromatic carbocycles. The first-order chi connectivity index (χ1) is 8.74. The number of esters is 1. The van der Waals surface area contributed by atoms with Crippen LogP contribution in [0.4, 0.5) is 0 Å². The SMILES string of the molecule is CCCN(Cc1ccoc1C(=O)OC)CC1CC1. The van der Waals surface area contributed by atoms with E-state index in [1.54, 1.807) is 6.26 Å². The molecule has 0 N–H and O–H groups in total. The Morgan fingerprint density at radius 2 is 2.33 bits per heavy atom. The van der Waals surface area contributed by atoms with Gasteiger partial charge in [0.05, 0.1) is 13.4 Å². The number of hydrogen-bond donors (Lipinski definition) is 0. The highest BCUT2D eigenvalue weighted by Crippen LogP contribution is 2.30. The molecule has 0 radical (unpaired) electrons. The zero-order valence-corrected chi connectivity index (χ0v) is 11.1. The number of carbonyl (C=O) groups is 1. The standard InChI is InChI=1S/C14H21NO3/c1-3-7-15(9-11-4-5-11)10-12-6-8-18-13(12)14(16)17-2/h6,8,11H,3-5,7,9-10H2,1-2H3. The van der Waals surface area contributed by atoms with Crippen molar-refractivity contribution in [2.45, 2.75) is 32.7 Å². The van der Waals surface area contributed by atoms with Crippen molar-refractivity contribution in [3.8, 4) is 0 Å². The molecule has 4 nitrogen and oxygen atoms in total. The van der Waals surface area contributed by atoms with Gasteiger partial charge in [0.25, 0.3) is 0 Å². The Morgan fingerprint density at radius 1 is 1.56 bits per heavy atom. The molecule has 1 aromatic rings. The second-order valence-electron chi connectivity index (χ2n) is 4.95. The minimum absolute atomic E-state index is 0.342. The molecule has 0 unspecified atom stereocenters. The average molecular weight is 251 g/mol. The van der Waals surface area contributed by atoms with Gasteiger partial charge < -0.3 is 9.15 Å². The minimum Gasteiger partial charge on any atom is -0.463 e. The summed E-state index contributed by atoms with van der Waals surface area (Å²) >= 11 is 0. The monoisotopic (exact) mass is 251 g/mol. The lowest BCUT2D eigenvalue weighted by Gasteiger charge is -2.21. The van der Waals surface area contributed by atoms with Crippen molar-refractivity contribution in [2.75, 3.05) is 20.2 Å². The van der Waals surface area contributed by atoms with Gasteiger partial charge in [0.1, 0.15) is 0 Å². The Hall–Kier alpha value is -1.29. The van der Waals surface area contributed by atoms with Crippen LogP contribution in [-0.4, -0.2) is 31.1 Å². The fourth-order valence-electron chi connectivity index (χ4n) is 2.19. The summed E-state index contributed by atoms with van der Waals surface area (Å²) in [5.74, 6) is 0.803. The molecule has 1 saturated carbocycles. The molecule has 100 valence electrons. The average Bonchev–Trinajstić information content (AvgIpc) is 3.05. The minimum atomic E-state index is -0.391. The topological polar surface area (TPSA) is 42.7 Å². The van der Waals surface area contributed by atoms with Crippen LogP contribution < -0.4 is 0 Å². The lowest BCUT2D eigenvalue weighted by molar-refractivity contribution is 0.0561. The fraction of sp³-hybridized carbons (Fsp3) is 0.643. The molecule has 0 spiro atoms. The van der Waals surface area contributed by atoms with Crippen LogP contribution in [0.25, 0.3) is 0 Å². The van der Waals surface area contributed by atoms with Crippen molar-refractivity contribution in [2.24, 2.45) is 5.92 Å². The molecule has 1 fully saturated rings. The van der Waals surface area contributed by atoms with Gasteiger partial charge in [-0.1, -0.05) is 6.92 Å². The highest BCUT2D eigenvalue weighted by atomic mass is 16.5. The lowest BCUT2D eigenvalue weighted by atomic mass is 10.2. The van der Waals surface area contributed by atoms with Crippen LogP contribution in [0.1, 0.15) is 42.3 Å². The van der Waals surface area contributed by atoms with E-state index in [4.69, 9.17) is 9.15 Å². The summed E-state index contributed by atoms with van der Waals surface area (Å²) < 4.78 is 9.93. The zero-order chi connectivity index (χ0) is 13.0. The first-order valence-corrected chi connectivity index (χ1v) is 6.61. The number of hydrogen-bond acceptors (Lipinski definition) is 4. The number of carbonyl (C=O) groups excluding carboxylic acids is 1. The highest BCUT2D eigenvalue weighted by molar-refractivity contribution is 5.87. The molecular weight excluding hydrogens is 230 g/mol. The molecule has 4 heteroatoms. The maximum absolute atomic E-state index is 11.5. The van der Waals surface area contributed by atoms with Gasteiger partial charge in [-0.15, -0.1) is 0 Å². The summed E-state index contributed by atoms with van der Waals surface area (Å²) in [6, 6.07) is 1.86. The van der Waals surface area contributed by atoms with Crippen LogP contribution in [0.5, 0.6) is 0 Å². The smallest absolute Gasteiger partial charge is 0.374 e. The summed E-state index contributed by atoms with van der Waals surface area (Å²) in [6.07, 6.45) is 5.37. The Bertz CT molecular complexity index is 395. The van der Waals surface area contributed by atoms with E-state index in [-0.39, 0.29) is 0 Å². The molecule has 0 atom stereocenters. The van der Waals surface area contributed by atoms with Crippen LogP contribution in [0.15, 0.2) is 16.7 Å². The fourth-order valence-corrected chi connectivity index (χ4v) is 2.19. The van der Waals surface area contributed by atoms with Gasteiger partial charge in [-0.05, 0) is 37.8 Å². The molecule has 1 aliphatic rings. The second kappa shape index (κ2) is 6.05. The number of methoxy groups -OCH3 is 1. The number of rotatable bonds is 7. The van der Waals surface area contributed by atoms with Gasteiger partial charge in [-0.2, -0.15) is 0 Å². The van der Waals surface area contributed by atoms with Gasteiger partial charge in [0.2, 0.25) is 5.76 Å². The molecule has 0 amide bonds. The van der Waals surface area contributed by atoms with Crippen molar-refractivity contribution in [3.05, 3.63) is 23.7 Å². The predicted molar refractivity (Wildman–Crippen MR) is 68.3 cm³/mol. The summed E-state index contributed by atoms with van der Waals surface area (Å²) in [5.41, 5.74) is 0.927. The quantitative estimate of drug-likeness (QED) is 0.699. The molecule has 1 aliphatic carbocycles. The highest BCUT2D eigenvalue weighted by Gasteiger charge is 2.25. The van der Waals surface area contributed by atoms with Crippen molar-refractivity contribution in [3.63, 3.8) is 0 Å². The molecule has 0 bridgehead atoms. The molecule has 1 aromatic heterocycles. The zero-order valence-electron chi connectivity index (χ0n) is 11.1. The first-order valence-electron chi connectivity index (χ1n) is 6.61. The largest absolute Gasteiger partial charge is 0.463 e. The number of ether oxygens (including phenoxy) is 1. The van der Waals surface area contributed by atoms with Crippen molar-refractivity contribution in [1.29, 1.82) is 0 Å². The van der Waals surface area contributed by atoms with E-state index in [1.807, 2.05) is 6.07 Å². The summed E-state index contributed by atoms with van der Waals surface area (Å²) in [6.45, 7) is 5.13. The van der Waals surface area contributed by atoms with Crippen molar-refractivity contribution in [1.82, 2.24) is 4.90 Å². The van der Waals surface area contributed by atoms with Crippen molar-refractivity contribution < 1.29 is 13.9 Å². The Morgan fingerprint density at radius 3 is 2.94 bits per heavy atom. The lowest BCUT2D eigenvalue weighted by Crippen LogP contribution is -2.27. The van der Waals surface area contributed by atoms with E-state index < -0.39 is 5.97 Å². The van der Waals surface area contributed by atoms with Crippen LogP contribution in [0.3, 0.4) is 0 Å². The first kappa shape index (κ1) is 13.1. The Labute approximate surface area is 108 Å². The summed E-state index contributed by atoms with van der Waals surface area (Å²) in [4.78, 5) is 13.9. The van der Waals surface area contributed by atoms with Crippen LogP contribution >= 0.6 is 0 Å². The van der Waals surface area contributed by atoms with E-state index >= 15 is 0 Å². The van der Waals surface area contributed by atoms with E-state index in [2.05, 4.69) is 11.8 Å². The van der Waals surface area contributed by atoms with Gasteiger partial charge in [0, 0.05) is 18.7 Å². The van der Waals surface area contributed by atoms with Gasteiger partial charge in [0.15, 0.2) is 0 Å². The van der Waals surface area contributed by atoms with Crippen LogP contribution in [0.2, 0.25) is 0 Å². The molecule has 1 heterocycles. The third-order valence-electron chi connectivity index (χ3n) is 3.26. The van der Waals surface area contributed by atoms with Crippen molar-refractivity contribution >= 4 is 5.97 Å². The maximum atomic E-state index is 11.5. The molecule has 2 rings (SSSR count). The maximum Gasteiger partial charge on any atom is 0.374 e. The number of nitrogens with zero attached hydrogens (tertiary/aromatic N) is 1.